The molecule has 3 heterocycles. The number of likely N-dealkylation sites (N-methyl/N-ethyl adjacent to an activating group) is 1. The van der Waals surface area contributed by atoms with E-state index in [-0.39, 0.29) is 49.3 Å². The smallest absolute Gasteiger partial charge is 0.410 e. The van der Waals surface area contributed by atoms with Crippen LogP contribution in [0.2, 0.25) is 0 Å². The predicted octanol–water partition coefficient (Wildman–Crippen LogP) is 4.29. The number of hydrogen-bond donors (Lipinski definition) is 2. The third-order valence-corrected chi connectivity index (χ3v) is 9.15. The number of cyclic esters (lactones) is 1. The fraction of sp³-hybridized carbons (Fsp3) is 0.735. The van der Waals surface area contributed by atoms with Crippen molar-refractivity contribution >= 4 is 18.2 Å². The molecule has 0 bridgehead atoms. The maximum Gasteiger partial charge on any atom is 0.410 e. The van der Waals surface area contributed by atoms with Gasteiger partial charge in [-0.3, -0.25) is 4.79 Å². The molecule has 2 N–H and O–H groups in total. The van der Waals surface area contributed by atoms with Gasteiger partial charge in [-0.25, -0.2) is 9.59 Å². The monoisotopic (exact) mass is 633 g/mol. The predicted molar refractivity (Wildman–Crippen MR) is 171 cm³/mol. The maximum absolute atomic E-state index is 13.0. The van der Waals surface area contributed by atoms with E-state index in [1.54, 1.807) is 28.9 Å². The van der Waals surface area contributed by atoms with Crippen molar-refractivity contribution in [1.82, 2.24) is 14.7 Å². The summed E-state index contributed by atoms with van der Waals surface area (Å²) in [4.78, 5) is 43.9. The molecule has 0 radical (unpaired) electrons. The van der Waals surface area contributed by atoms with Crippen LogP contribution < -0.4 is 0 Å². The largest absolute Gasteiger partial charge is 0.457 e. The lowest BCUT2D eigenvalue weighted by atomic mass is 9.89. The zero-order valence-corrected chi connectivity index (χ0v) is 28.2. The molecular formula is C34H55N3O8. The highest BCUT2D eigenvalue weighted by atomic mass is 16.6. The Morgan fingerprint density at radius 3 is 2.44 bits per heavy atom. The lowest BCUT2D eigenvalue weighted by Crippen LogP contribution is -2.50. The fourth-order valence-corrected chi connectivity index (χ4v) is 5.90. The second-order valence-corrected chi connectivity index (χ2v) is 13.9. The van der Waals surface area contributed by atoms with Crippen LogP contribution in [0.25, 0.3) is 0 Å². The van der Waals surface area contributed by atoms with Gasteiger partial charge in [0, 0.05) is 50.1 Å². The van der Waals surface area contributed by atoms with Crippen LogP contribution >= 0.6 is 0 Å². The van der Waals surface area contributed by atoms with Crippen molar-refractivity contribution in [2.45, 2.75) is 103 Å². The number of aliphatic hydroxyl groups excluding tert-OH is 1. The summed E-state index contributed by atoms with van der Waals surface area (Å²) in [6, 6.07) is 0. The van der Waals surface area contributed by atoms with Gasteiger partial charge in [-0.1, -0.05) is 38.2 Å². The Morgan fingerprint density at radius 1 is 1.11 bits per heavy atom. The molecule has 2 saturated heterocycles. The highest BCUT2D eigenvalue weighted by Crippen LogP contribution is 2.29. The number of carbonyl (C=O) groups excluding carboxylic acids is 3. The van der Waals surface area contributed by atoms with Crippen LogP contribution in [0.4, 0.5) is 9.59 Å². The van der Waals surface area contributed by atoms with E-state index in [1.807, 2.05) is 59.9 Å². The van der Waals surface area contributed by atoms with Crippen molar-refractivity contribution in [3.8, 4) is 0 Å². The third kappa shape index (κ3) is 10.9. The Balaban J connectivity index is 1.70. The average Bonchev–Trinajstić information content (AvgIpc) is 3.33. The van der Waals surface area contributed by atoms with E-state index < -0.39 is 36.0 Å². The molecule has 0 spiro atoms. The van der Waals surface area contributed by atoms with Gasteiger partial charge in [-0.15, -0.1) is 0 Å². The van der Waals surface area contributed by atoms with Crippen LogP contribution in [-0.4, -0.2) is 119 Å². The standard InChI is InChI=1S/C34H55N3O8/c1-24(23-43-32(41)37-17-9-15-33(37,4)5)10-8-11-25(2)30-26(3)12-13-28(44-31(40)36-20-18-35(7)19-21-36)34(6,42)16-14-27(38)22-29(39)45-30/h8,10-13,24,26-28,30,38,42H,9,14-23H2,1-7H3/b10-8+,13-12+,25-11+/t24-,26+,27+,28-,30-,34+/m1/s1. The van der Waals surface area contributed by atoms with Gasteiger partial charge in [0.15, 0.2) is 6.10 Å². The molecule has 11 nitrogen and oxygen atoms in total. The zero-order chi connectivity index (χ0) is 33.4. The van der Waals surface area contributed by atoms with Gasteiger partial charge >= 0.3 is 18.2 Å². The van der Waals surface area contributed by atoms with Gasteiger partial charge in [-0.2, -0.15) is 0 Å². The molecule has 2 amide bonds. The lowest BCUT2D eigenvalue weighted by molar-refractivity contribution is -0.151. The molecule has 0 aliphatic carbocycles. The van der Waals surface area contributed by atoms with Gasteiger partial charge in [0.25, 0.3) is 0 Å². The lowest BCUT2D eigenvalue weighted by Gasteiger charge is -2.36. The molecular weight excluding hydrogens is 578 g/mol. The highest BCUT2D eigenvalue weighted by molar-refractivity contribution is 5.71. The summed E-state index contributed by atoms with van der Waals surface area (Å²) in [5.41, 5.74) is -0.885. The van der Waals surface area contributed by atoms with Crippen molar-refractivity contribution in [3.63, 3.8) is 0 Å². The van der Waals surface area contributed by atoms with Crippen LogP contribution in [0.1, 0.15) is 73.6 Å². The second kappa shape index (κ2) is 16.1. The summed E-state index contributed by atoms with van der Waals surface area (Å²) in [5, 5.41) is 21.9. The van der Waals surface area contributed by atoms with E-state index in [9.17, 15) is 24.6 Å². The van der Waals surface area contributed by atoms with Crippen molar-refractivity contribution < 1.29 is 38.8 Å². The van der Waals surface area contributed by atoms with Crippen LogP contribution in [-0.2, 0) is 19.0 Å². The number of esters is 1. The summed E-state index contributed by atoms with van der Waals surface area (Å²) >= 11 is 0. The number of nitrogens with zero attached hydrogens (tertiary/aromatic N) is 3. The van der Waals surface area contributed by atoms with E-state index in [1.165, 1.54) is 0 Å². The summed E-state index contributed by atoms with van der Waals surface area (Å²) in [5.74, 6) is -0.904. The number of hydrogen-bond acceptors (Lipinski definition) is 9. The van der Waals surface area contributed by atoms with Gasteiger partial charge in [0.1, 0.15) is 11.7 Å². The summed E-state index contributed by atoms with van der Waals surface area (Å²) < 4.78 is 17.2. The molecule has 0 aromatic heterocycles. The maximum atomic E-state index is 13.0. The summed E-state index contributed by atoms with van der Waals surface area (Å²) in [7, 11) is 2.00. The Labute approximate surface area is 268 Å². The molecule has 6 atom stereocenters. The van der Waals surface area contributed by atoms with Crippen molar-refractivity contribution in [3.05, 3.63) is 36.0 Å². The zero-order valence-electron chi connectivity index (χ0n) is 28.2. The Hall–Kier alpha value is -2.89. The minimum absolute atomic E-state index is 0.0342. The molecule has 254 valence electrons. The van der Waals surface area contributed by atoms with E-state index in [4.69, 9.17) is 14.2 Å². The quantitative estimate of drug-likeness (QED) is 0.191. The van der Waals surface area contributed by atoms with Crippen molar-refractivity contribution in [2.24, 2.45) is 11.8 Å². The molecule has 3 aliphatic rings. The molecule has 11 heteroatoms. The third-order valence-electron chi connectivity index (χ3n) is 9.15. The van der Waals surface area contributed by atoms with Gasteiger partial charge in [0.05, 0.1) is 19.1 Å². The van der Waals surface area contributed by atoms with Crippen molar-refractivity contribution in [1.29, 1.82) is 0 Å². The van der Waals surface area contributed by atoms with Crippen LogP contribution in [0.3, 0.4) is 0 Å². The minimum Gasteiger partial charge on any atom is -0.457 e. The minimum atomic E-state index is -1.46. The number of allylic oxidation sites excluding steroid dienone is 2. The Morgan fingerprint density at radius 2 is 1.80 bits per heavy atom. The van der Waals surface area contributed by atoms with Gasteiger partial charge in [0.2, 0.25) is 0 Å². The number of likely N-dealkylation sites (tertiary alicyclic amines) is 1. The first kappa shape index (κ1) is 36.6. The van der Waals surface area contributed by atoms with Crippen LogP contribution in [0.15, 0.2) is 36.0 Å². The van der Waals surface area contributed by atoms with Gasteiger partial charge in [-0.05, 0) is 72.1 Å². The number of carbonyl (C=O) groups is 3. The molecule has 3 aliphatic heterocycles. The first-order chi connectivity index (χ1) is 21.1. The van der Waals surface area contributed by atoms with Crippen molar-refractivity contribution in [2.75, 3.05) is 46.4 Å². The first-order valence-electron chi connectivity index (χ1n) is 16.3. The molecule has 0 aromatic carbocycles. The molecule has 45 heavy (non-hydrogen) atoms. The van der Waals surface area contributed by atoms with E-state index in [0.29, 0.717) is 19.6 Å². The number of aliphatic hydroxyl groups is 2. The average molecular weight is 634 g/mol. The molecule has 0 unspecified atom stereocenters. The Kier molecular flexibility index (Phi) is 13.1. The Bertz CT molecular complexity index is 1110. The first-order valence-corrected chi connectivity index (χ1v) is 16.3. The summed E-state index contributed by atoms with van der Waals surface area (Å²) in [6.07, 6.45) is 7.65. The van der Waals surface area contributed by atoms with Crippen LogP contribution in [0.5, 0.6) is 0 Å². The number of rotatable bonds is 6. The normalized spacial score (nSPS) is 31.9. The molecule has 3 rings (SSSR count). The number of ether oxygens (including phenoxy) is 3. The molecule has 2 fully saturated rings. The highest BCUT2D eigenvalue weighted by Gasteiger charge is 2.38. The molecule has 0 saturated carbocycles. The van der Waals surface area contributed by atoms with Crippen LogP contribution in [0, 0.1) is 11.8 Å². The van der Waals surface area contributed by atoms with E-state index in [0.717, 1.165) is 31.5 Å². The summed E-state index contributed by atoms with van der Waals surface area (Å²) in [6.45, 7) is 14.9. The number of piperazine rings is 1. The molecule has 0 aromatic rings. The second-order valence-electron chi connectivity index (χ2n) is 13.9. The van der Waals surface area contributed by atoms with Gasteiger partial charge < -0.3 is 39.1 Å². The van der Waals surface area contributed by atoms with E-state index >= 15 is 0 Å². The van der Waals surface area contributed by atoms with E-state index in [2.05, 4.69) is 4.90 Å². The SMILES string of the molecule is C/C(=C\C=C\[C@@H](C)COC(=O)N1CCCC1(C)C)[C@H]1OC(=O)C[C@@H](O)CC[C@](C)(O)[C@H](OC(=O)N2CCN(C)CC2)/C=C/[C@@H]1C. The fourth-order valence-electron chi connectivity index (χ4n) is 5.90. The topological polar surface area (TPSA) is 129 Å². The number of amides is 2.